The number of nitrogens with zero attached hydrogens (tertiary/aromatic N) is 2. The van der Waals surface area contributed by atoms with Gasteiger partial charge >= 0.3 is 5.97 Å². The van der Waals surface area contributed by atoms with Crippen LogP contribution in [0.25, 0.3) is 0 Å². The van der Waals surface area contributed by atoms with Gasteiger partial charge in [0.1, 0.15) is 5.71 Å². The van der Waals surface area contributed by atoms with Crippen molar-refractivity contribution in [3.63, 3.8) is 0 Å². The third kappa shape index (κ3) is 3.03. The Bertz CT molecular complexity index is 404. The molecule has 16 heavy (non-hydrogen) atoms. The predicted molar refractivity (Wildman–Crippen MR) is 56.0 cm³/mol. The van der Waals surface area contributed by atoms with Crippen molar-refractivity contribution in [2.75, 3.05) is 13.2 Å². The lowest BCUT2D eigenvalue weighted by Crippen LogP contribution is -2.13. The van der Waals surface area contributed by atoms with Gasteiger partial charge in [-0.2, -0.15) is 0 Å². The third-order valence-electron chi connectivity index (χ3n) is 1.87. The van der Waals surface area contributed by atoms with Crippen LogP contribution in [0.3, 0.4) is 0 Å². The van der Waals surface area contributed by atoms with Gasteiger partial charge in [0.25, 0.3) is 0 Å². The summed E-state index contributed by atoms with van der Waals surface area (Å²) in [5.41, 5.74) is 0.573. The van der Waals surface area contributed by atoms with Crippen LogP contribution in [0.2, 0.25) is 0 Å². The molecule has 0 aromatic carbocycles. The predicted octanol–water partition coefficient (Wildman–Crippen LogP) is 0.995. The summed E-state index contributed by atoms with van der Waals surface area (Å²) in [4.78, 5) is 14.6. The van der Waals surface area contributed by atoms with E-state index in [1.54, 1.807) is 6.92 Å². The molecule has 0 saturated carbocycles. The molecule has 6 nitrogen and oxygen atoms in total. The minimum Gasteiger partial charge on any atom is -0.478 e. The van der Waals surface area contributed by atoms with Crippen LogP contribution >= 0.6 is 0 Å². The van der Waals surface area contributed by atoms with E-state index in [9.17, 15) is 4.79 Å². The Morgan fingerprint density at radius 3 is 2.94 bits per heavy atom. The highest BCUT2D eigenvalue weighted by atomic mass is 16.5. The number of aromatic nitrogens is 1. The van der Waals surface area contributed by atoms with Gasteiger partial charge < -0.3 is 15.1 Å². The maximum atomic E-state index is 10.7. The second-order valence-electron chi connectivity index (χ2n) is 2.92. The van der Waals surface area contributed by atoms with E-state index in [0.717, 1.165) is 0 Å². The van der Waals surface area contributed by atoms with Crippen molar-refractivity contribution < 1.29 is 19.8 Å². The largest absolute Gasteiger partial charge is 0.478 e. The lowest BCUT2D eigenvalue weighted by Gasteiger charge is -2.04. The molecule has 1 heterocycles. The first kappa shape index (κ1) is 12.1. The molecule has 0 bridgehead atoms. The fraction of sp³-hybridized carbons (Fsp3) is 0.300. The van der Waals surface area contributed by atoms with Gasteiger partial charge in [0, 0.05) is 12.8 Å². The first-order valence-electron chi connectivity index (χ1n) is 4.67. The van der Waals surface area contributed by atoms with Gasteiger partial charge in [0.2, 0.25) is 0 Å². The lowest BCUT2D eigenvalue weighted by molar-refractivity contribution is 0.0696. The molecular weight excluding hydrogens is 212 g/mol. The molecule has 0 radical (unpaired) electrons. The van der Waals surface area contributed by atoms with Gasteiger partial charge in [-0.15, -0.1) is 0 Å². The van der Waals surface area contributed by atoms with Crippen LogP contribution in [-0.2, 0) is 4.74 Å². The number of ether oxygens (including phenoxy) is 1. The van der Waals surface area contributed by atoms with Gasteiger partial charge in [-0.25, -0.2) is 4.79 Å². The summed E-state index contributed by atoms with van der Waals surface area (Å²) in [6, 6.07) is 2.69. The molecule has 0 atom stereocenters. The maximum Gasteiger partial charge on any atom is 0.335 e. The molecule has 1 aromatic heterocycles. The zero-order valence-corrected chi connectivity index (χ0v) is 8.75. The minimum atomic E-state index is -1.06. The first-order valence-corrected chi connectivity index (χ1v) is 4.67. The fourth-order valence-corrected chi connectivity index (χ4v) is 1.07. The highest BCUT2D eigenvalue weighted by Crippen LogP contribution is 2.04. The van der Waals surface area contributed by atoms with Crippen molar-refractivity contribution >= 4 is 11.7 Å². The molecule has 0 aliphatic heterocycles. The van der Waals surface area contributed by atoms with Crippen LogP contribution in [0.15, 0.2) is 23.5 Å². The van der Waals surface area contributed by atoms with Crippen molar-refractivity contribution in [2.45, 2.75) is 6.92 Å². The number of hydrogen-bond donors (Lipinski definition) is 2. The van der Waals surface area contributed by atoms with E-state index in [2.05, 4.69) is 10.1 Å². The summed E-state index contributed by atoms with van der Waals surface area (Å²) < 4.78 is 5.06. The Morgan fingerprint density at radius 1 is 1.62 bits per heavy atom. The highest BCUT2D eigenvalue weighted by molar-refractivity contribution is 6.01. The van der Waals surface area contributed by atoms with E-state index < -0.39 is 5.97 Å². The third-order valence-corrected chi connectivity index (χ3v) is 1.87. The molecule has 1 rings (SSSR count). The fourth-order valence-electron chi connectivity index (χ4n) is 1.07. The maximum absolute atomic E-state index is 10.7. The zero-order chi connectivity index (χ0) is 12.0. The SMILES string of the molecule is CCOC/C(=N\O)c1cc(C(=O)O)ccn1. The number of carbonyl (C=O) groups is 1. The topological polar surface area (TPSA) is 92.0 Å². The smallest absolute Gasteiger partial charge is 0.335 e. The summed E-state index contributed by atoms with van der Waals surface area (Å²) >= 11 is 0. The number of rotatable bonds is 5. The zero-order valence-electron chi connectivity index (χ0n) is 8.75. The molecule has 1 aromatic rings. The summed E-state index contributed by atoms with van der Waals surface area (Å²) in [6.07, 6.45) is 1.34. The van der Waals surface area contributed by atoms with Crippen LogP contribution in [-0.4, -0.2) is 40.2 Å². The van der Waals surface area contributed by atoms with Crippen LogP contribution < -0.4 is 0 Å². The molecule has 0 unspecified atom stereocenters. The first-order chi connectivity index (χ1) is 7.69. The molecule has 0 spiro atoms. The Labute approximate surface area is 92.2 Å². The molecule has 0 fully saturated rings. The summed E-state index contributed by atoms with van der Waals surface area (Å²) in [5.74, 6) is -1.06. The van der Waals surface area contributed by atoms with Crippen molar-refractivity contribution in [1.29, 1.82) is 0 Å². The number of oxime groups is 1. The summed E-state index contributed by atoms with van der Waals surface area (Å²) in [6.45, 7) is 2.36. The van der Waals surface area contributed by atoms with Crippen LogP contribution in [0.5, 0.6) is 0 Å². The van der Waals surface area contributed by atoms with Crippen molar-refractivity contribution in [3.8, 4) is 0 Å². The standard InChI is InChI=1S/C10H12N2O4/c1-2-16-6-9(12-15)8-5-7(10(13)14)3-4-11-8/h3-5,15H,2,6H2,1H3,(H,13,14)/b12-9+. The second kappa shape index (κ2) is 5.82. The van der Waals surface area contributed by atoms with Gasteiger partial charge in [0.15, 0.2) is 0 Å². The number of carboxylic acids is 1. The number of pyridine rings is 1. The van der Waals surface area contributed by atoms with Crippen molar-refractivity contribution in [1.82, 2.24) is 4.98 Å². The van der Waals surface area contributed by atoms with E-state index in [1.165, 1.54) is 18.3 Å². The van der Waals surface area contributed by atoms with E-state index in [-0.39, 0.29) is 23.6 Å². The average molecular weight is 224 g/mol. The number of carboxylic acid groups (broad SMARTS) is 1. The Hall–Kier alpha value is -1.95. The quantitative estimate of drug-likeness (QED) is 0.442. The van der Waals surface area contributed by atoms with Crippen molar-refractivity contribution in [3.05, 3.63) is 29.6 Å². The second-order valence-corrected chi connectivity index (χ2v) is 2.92. The van der Waals surface area contributed by atoms with E-state index in [4.69, 9.17) is 15.1 Å². The monoisotopic (exact) mass is 224 g/mol. The highest BCUT2D eigenvalue weighted by Gasteiger charge is 2.09. The van der Waals surface area contributed by atoms with E-state index in [1.807, 2.05) is 0 Å². The molecule has 0 saturated heterocycles. The van der Waals surface area contributed by atoms with Crippen LogP contribution in [0.1, 0.15) is 23.0 Å². The number of hydrogen-bond acceptors (Lipinski definition) is 5. The van der Waals surface area contributed by atoms with Crippen molar-refractivity contribution in [2.24, 2.45) is 5.16 Å². The Morgan fingerprint density at radius 2 is 2.38 bits per heavy atom. The van der Waals surface area contributed by atoms with Crippen LogP contribution in [0.4, 0.5) is 0 Å². The average Bonchev–Trinajstić information content (AvgIpc) is 2.30. The van der Waals surface area contributed by atoms with E-state index in [0.29, 0.717) is 6.61 Å². The molecular formula is C10H12N2O4. The van der Waals surface area contributed by atoms with Crippen LogP contribution in [0, 0.1) is 0 Å². The minimum absolute atomic E-state index is 0.0858. The van der Waals surface area contributed by atoms with E-state index >= 15 is 0 Å². The van der Waals surface area contributed by atoms with Gasteiger partial charge in [-0.1, -0.05) is 5.16 Å². The molecule has 0 aliphatic rings. The Kier molecular flexibility index (Phi) is 4.41. The lowest BCUT2D eigenvalue weighted by atomic mass is 10.2. The summed E-state index contributed by atoms with van der Waals surface area (Å²) in [5, 5.41) is 20.6. The molecule has 2 N–H and O–H groups in total. The molecule has 6 heteroatoms. The Balaban J connectivity index is 2.93. The summed E-state index contributed by atoms with van der Waals surface area (Å²) in [7, 11) is 0. The number of aromatic carboxylic acids is 1. The molecule has 0 amide bonds. The normalized spacial score (nSPS) is 11.4. The van der Waals surface area contributed by atoms with Gasteiger partial charge in [-0.05, 0) is 19.1 Å². The van der Waals surface area contributed by atoms with Gasteiger partial charge in [0.05, 0.1) is 17.9 Å². The molecule has 0 aliphatic carbocycles. The van der Waals surface area contributed by atoms with Gasteiger partial charge in [-0.3, -0.25) is 4.98 Å². The molecule has 86 valence electrons.